The van der Waals surface area contributed by atoms with E-state index in [1.54, 1.807) is 6.20 Å². The molecule has 0 saturated heterocycles. The Morgan fingerprint density at radius 2 is 2.12 bits per heavy atom. The first-order chi connectivity index (χ1) is 8.19. The molecule has 0 atom stereocenters. The highest BCUT2D eigenvalue weighted by atomic mass is 16.3. The van der Waals surface area contributed by atoms with Crippen molar-refractivity contribution in [2.75, 3.05) is 0 Å². The van der Waals surface area contributed by atoms with E-state index in [0.29, 0.717) is 0 Å². The Bertz CT molecular complexity index is 351. The minimum atomic E-state index is -0.628. The van der Waals surface area contributed by atoms with Crippen LogP contribution in [0, 0.1) is 5.92 Å². The zero-order valence-electron chi connectivity index (χ0n) is 11.0. The Kier molecular flexibility index (Phi) is 3.87. The maximum Gasteiger partial charge on any atom is 0.106 e. The van der Waals surface area contributed by atoms with E-state index in [2.05, 4.69) is 18.9 Å². The first-order valence-electron chi connectivity index (χ1n) is 6.94. The van der Waals surface area contributed by atoms with Gasteiger partial charge in [0.2, 0.25) is 0 Å². The lowest BCUT2D eigenvalue weighted by Gasteiger charge is -2.36. The van der Waals surface area contributed by atoms with Gasteiger partial charge in [-0.05, 0) is 44.6 Å². The van der Waals surface area contributed by atoms with E-state index in [-0.39, 0.29) is 0 Å². The van der Waals surface area contributed by atoms with E-state index >= 15 is 0 Å². The summed E-state index contributed by atoms with van der Waals surface area (Å²) in [4.78, 5) is 0. The van der Waals surface area contributed by atoms with Crippen LogP contribution in [0.15, 0.2) is 12.3 Å². The van der Waals surface area contributed by atoms with Gasteiger partial charge in [-0.15, -0.1) is 0 Å². The molecule has 1 heterocycles. The smallest absolute Gasteiger partial charge is 0.106 e. The zero-order valence-corrected chi connectivity index (χ0v) is 11.0. The summed E-state index contributed by atoms with van der Waals surface area (Å²) in [7, 11) is 0. The molecule has 1 aliphatic rings. The van der Waals surface area contributed by atoms with Crippen LogP contribution in [0.5, 0.6) is 0 Å². The van der Waals surface area contributed by atoms with Crippen LogP contribution >= 0.6 is 0 Å². The Morgan fingerprint density at radius 3 is 2.71 bits per heavy atom. The minimum absolute atomic E-state index is 0.628. The van der Waals surface area contributed by atoms with Crippen LogP contribution in [-0.4, -0.2) is 14.9 Å². The van der Waals surface area contributed by atoms with Crippen molar-refractivity contribution in [3.8, 4) is 0 Å². The molecule has 1 aromatic rings. The maximum atomic E-state index is 10.8. The second-order valence-corrected chi connectivity index (χ2v) is 5.30. The van der Waals surface area contributed by atoms with E-state index in [1.165, 1.54) is 12.8 Å². The maximum absolute atomic E-state index is 10.8. The van der Waals surface area contributed by atoms with E-state index in [4.69, 9.17) is 0 Å². The summed E-state index contributed by atoms with van der Waals surface area (Å²) >= 11 is 0. The van der Waals surface area contributed by atoms with Gasteiger partial charge >= 0.3 is 0 Å². The number of nitrogens with zero attached hydrogens (tertiary/aromatic N) is 2. The highest BCUT2D eigenvalue weighted by Crippen LogP contribution is 2.40. The lowest BCUT2D eigenvalue weighted by molar-refractivity contribution is -0.0226. The summed E-state index contributed by atoms with van der Waals surface area (Å²) in [5.41, 5.74) is 0.381. The Labute approximate surface area is 104 Å². The van der Waals surface area contributed by atoms with E-state index in [0.717, 1.165) is 43.8 Å². The van der Waals surface area contributed by atoms with Crippen molar-refractivity contribution < 1.29 is 5.11 Å². The quantitative estimate of drug-likeness (QED) is 0.872. The number of aromatic nitrogens is 2. The minimum Gasteiger partial charge on any atom is -0.384 e. The molecule has 0 radical (unpaired) electrons. The number of hydrogen-bond acceptors (Lipinski definition) is 2. The van der Waals surface area contributed by atoms with Crippen LogP contribution in [-0.2, 0) is 12.1 Å². The van der Waals surface area contributed by atoms with Crippen LogP contribution < -0.4 is 0 Å². The zero-order chi connectivity index (χ0) is 12.3. The van der Waals surface area contributed by atoms with Gasteiger partial charge in [-0.25, -0.2) is 0 Å². The van der Waals surface area contributed by atoms with Gasteiger partial charge in [0.05, 0.1) is 5.69 Å². The third kappa shape index (κ3) is 2.54. The van der Waals surface area contributed by atoms with Crippen LogP contribution in [0.3, 0.4) is 0 Å². The van der Waals surface area contributed by atoms with Crippen molar-refractivity contribution in [2.24, 2.45) is 5.92 Å². The molecule has 0 aliphatic heterocycles. The molecule has 3 heteroatoms. The molecule has 0 bridgehead atoms. The van der Waals surface area contributed by atoms with Crippen molar-refractivity contribution in [3.63, 3.8) is 0 Å². The summed E-state index contributed by atoms with van der Waals surface area (Å²) in [6.07, 6.45) is 8.46. The Balaban J connectivity index is 2.06. The van der Waals surface area contributed by atoms with Crippen molar-refractivity contribution >= 4 is 0 Å². The molecule has 0 spiro atoms. The lowest BCUT2D eigenvalue weighted by Crippen LogP contribution is -2.33. The van der Waals surface area contributed by atoms with Crippen LogP contribution in [0.2, 0.25) is 0 Å². The second-order valence-electron chi connectivity index (χ2n) is 5.30. The van der Waals surface area contributed by atoms with Gasteiger partial charge in [0, 0.05) is 12.7 Å². The molecular formula is C14H24N2O. The molecule has 2 rings (SSSR count). The number of hydrogen-bond donors (Lipinski definition) is 1. The van der Waals surface area contributed by atoms with Gasteiger partial charge in [-0.1, -0.05) is 19.8 Å². The van der Waals surface area contributed by atoms with Crippen LogP contribution in [0.25, 0.3) is 0 Å². The number of aryl methyl sites for hydroxylation is 1. The molecule has 1 aliphatic carbocycles. The standard InChI is InChI=1S/C14H24N2O/c1-3-5-12-6-9-14(17,10-7-12)13-8-11-15-16(13)4-2/h8,11-12,17H,3-7,9-10H2,1-2H3. The van der Waals surface area contributed by atoms with Crippen molar-refractivity contribution in [1.82, 2.24) is 9.78 Å². The number of aliphatic hydroxyl groups is 1. The third-order valence-corrected chi connectivity index (χ3v) is 4.12. The van der Waals surface area contributed by atoms with Crippen molar-refractivity contribution in [3.05, 3.63) is 18.0 Å². The van der Waals surface area contributed by atoms with Crippen molar-refractivity contribution in [1.29, 1.82) is 0 Å². The van der Waals surface area contributed by atoms with Gasteiger partial charge in [0.15, 0.2) is 0 Å². The van der Waals surface area contributed by atoms with Crippen molar-refractivity contribution in [2.45, 2.75) is 64.5 Å². The van der Waals surface area contributed by atoms with Gasteiger partial charge in [-0.2, -0.15) is 5.10 Å². The third-order valence-electron chi connectivity index (χ3n) is 4.12. The van der Waals surface area contributed by atoms with E-state index in [1.807, 2.05) is 10.7 Å². The highest BCUT2D eigenvalue weighted by Gasteiger charge is 2.36. The second kappa shape index (κ2) is 5.21. The van der Waals surface area contributed by atoms with Gasteiger partial charge < -0.3 is 5.11 Å². The highest BCUT2D eigenvalue weighted by molar-refractivity contribution is 5.13. The van der Waals surface area contributed by atoms with E-state index in [9.17, 15) is 5.11 Å². The SMILES string of the molecule is CCCC1CCC(O)(c2ccnn2CC)CC1. The first kappa shape index (κ1) is 12.6. The molecule has 1 saturated carbocycles. The Hall–Kier alpha value is -0.830. The average molecular weight is 236 g/mol. The summed E-state index contributed by atoms with van der Waals surface area (Å²) in [5.74, 6) is 0.818. The molecule has 0 aromatic carbocycles. The predicted octanol–water partition coefficient (Wildman–Crippen LogP) is 3.08. The van der Waals surface area contributed by atoms with E-state index < -0.39 is 5.60 Å². The van der Waals surface area contributed by atoms with Gasteiger partial charge in [0.25, 0.3) is 0 Å². The lowest BCUT2D eigenvalue weighted by atomic mass is 9.75. The Morgan fingerprint density at radius 1 is 1.41 bits per heavy atom. The summed E-state index contributed by atoms with van der Waals surface area (Å²) in [6, 6.07) is 1.98. The summed E-state index contributed by atoms with van der Waals surface area (Å²) in [6.45, 7) is 5.15. The largest absolute Gasteiger partial charge is 0.384 e. The molecule has 1 N–H and O–H groups in total. The number of rotatable bonds is 4. The fourth-order valence-electron chi connectivity index (χ4n) is 3.09. The molecule has 96 valence electrons. The fourth-order valence-corrected chi connectivity index (χ4v) is 3.09. The fraction of sp³-hybridized carbons (Fsp3) is 0.786. The van der Waals surface area contributed by atoms with Crippen LogP contribution in [0.1, 0.15) is 58.1 Å². The molecular weight excluding hydrogens is 212 g/mol. The molecule has 17 heavy (non-hydrogen) atoms. The topological polar surface area (TPSA) is 38.1 Å². The predicted molar refractivity (Wildman–Crippen MR) is 68.7 cm³/mol. The summed E-state index contributed by atoms with van der Waals surface area (Å²) < 4.78 is 1.93. The molecule has 0 unspecified atom stereocenters. The molecule has 0 amide bonds. The van der Waals surface area contributed by atoms with Crippen LogP contribution in [0.4, 0.5) is 0 Å². The average Bonchev–Trinajstić information content (AvgIpc) is 2.81. The normalized spacial score (nSPS) is 29.5. The summed E-state index contributed by atoms with van der Waals surface area (Å²) in [5, 5.41) is 15.0. The monoisotopic (exact) mass is 236 g/mol. The molecule has 3 nitrogen and oxygen atoms in total. The van der Waals surface area contributed by atoms with Gasteiger partial charge in [-0.3, -0.25) is 4.68 Å². The van der Waals surface area contributed by atoms with Gasteiger partial charge in [0.1, 0.15) is 5.60 Å². The molecule has 1 aromatic heterocycles. The first-order valence-corrected chi connectivity index (χ1v) is 6.94. The molecule has 1 fully saturated rings.